The van der Waals surface area contributed by atoms with E-state index >= 15 is 0 Å². The van der Waals surface area contributed by atoms with Crippen molar-refractivity contribution >= 4 is 17.3 Å². The largest absolute Gasteiger partial charge is 0.492 e. The number of hydrogen-bond acceptors (Lipinski definition) is 4. The molecular weight excluding hydrogens is 280 g/mol. The highest BCUT2D eigenvalue weighted by Gasteiger charge is 2.43. The van der Waals surface area contributed by atoms with E-state index in [-0.39, 0.29) is 5.92 Å². The van der Waals surface area contributed by atoms with Crippen LogP contribution in [-0.4, -0.2) is 23.3 Å². The van der Waals surface area contributed by atoms with Gasteiger partial charge in [-0.3, -0.25) is 9.59 Å². The third-order valence-electron chi connectivity index (χ3n) is 5.12. The molecule has 0 amide bonds. The van der Waals surface area contributed by atoms with Crippen LogP contribution in [0.3, 0.4) is 0 Å². The molecule has 2 aliphatic carbocycles. The smallest absolute Gasteiger partial charge is 0.234 e. The summed E-state index contributed by atoms with van der Waals surface area (Å²) in [4.78, 5) is 25.1. The lowest BCUT2D eigenvalue weighted by atomic mass is 9.73. The van der Waals surface area contributed by atoms with Crippen LogP contribution < -0.4 is 0 Å². The number of carbonyl (C=O) groups excluding carboxylic acids is 2. The number of aliphatic hydroxyl groups is 1. The molecule has 1 aliphatic heterocycles. The minimum Gasteiger partial charge on any atom is -0.492 e. The molecule has 1 heterocycles. The lowest BCUT2D eigenvalue weighted by Crippen LogP contribution is -2.32. The first-order chi connectivity index (χ1) is 10.4. The molecule has 1 aromatic rings. The SMILES string of the molecule is CC1COC2=C1C(=O)C(=O)c1c2ccc2c1CCC[C@]2(C)O. The highest BCUT2D eigenvalue weighted by Crippen LogP contribution is 2.44. The molecule has 1 N–H and O–H groups in total. The molecular formula is C18H18O4. The molecule has 1 unspecified atom stereocenters. The average molecular weight is 298 g/mol. The van der Waals surface area contributed by atoms with Gasteiger partial charge in [0.25, 0.3) is 0 Å². The Kier molecular flexibility index (Phi) is 2.67. The Balaban J connectivity index is 2.02. The van der Waals surface area contributed by atoms with Gasteiger partial charge in [0.15, 0.2) is 0 Å². The molecule has 3 aliphatic rings. The first-order valence-corrected chi connectivity index (χ1v) is 7.77. The van der Waals surface area contributed by atoms with Crippen molar-refractivity contribution in [3.05, 3.63) is 40.0 Å². The maximum Gasteiger partial charge on any atom is 0.234 e. The molecule has 0 aromatic heterocycles. The van der Waals surface area contributed by atoms with Crippen LogP contribution in [0.25, 0.3) is 5.76 Å². The number of rotatable bonds is 0. The molecule has 22 heavy (non-hydrogen) atoms. The van der Waals surface area contributed by atoms with Crippen molar-refractivity contribution in [1.82, 2.24) is 0 Å². The van der Waals surface area contributed by atoms with Gasteiger partial charge < -0.3 is 9.84 Å². The fourth-order valence-electron chi connectivity index (χ4n) is 3.98. The van der Waals surface area contributed by atoms with Gasteiger partial charge in [-0.25, -0.2) is 0 Å². The van der Waals surface area contributed by atoms with E-state index < -0.39 is 17.2 Å². The predicted octanol–water partition coefficient (Wildman–Crippen LogP) is 2.37. The van der Waals surface area contributed by atoms with Gasteiger partial charge in [-0.2, -0.15) is 0 Å². The Morgan fingerprint density at radius 1 is 1.27 bits per heavy atom. The summed E-state index contributed by atoms with van der Waals surface area (Å²) in [6.45, 7) is 4.12. The van der Waals surface area contributed by atoms with Crippen molar-refractivity contribution in [2.24, 2.45) is 5.92 Å². The summed E-state index contributed by atoms with van der Waals surface area (Å²) in [5, 5.41) is 10.6. The minimum atomic E-state index is -0.940. The van der Waals surface area contributed by atoms with E-state index in [4.69, 9.17) is 4.74 Å². The van der Waals surface area contributed by atoms with Gasteiger partial charge >= 0.3 is 0 Å². The number of hydrogen-bond donors (Lipinski definition) is 1. The molecule has 4 nitrogen and oxygen atoms in total. The van der Waals surface area contributed by atoms with Crippen molar-refractivity contribution in [3.8, 4) is 0 Å². The van der Waals surface area contributed by atoms with Crippen LogP contribution in [0.15, 0.2) is 17.7 Å². The number of ether oxygens (including phenoxy) is 1. The molecule has 0 bridgehead atoms. The lowest BCUT2D eigenvalue weighted by molar-refractivity contribution is -0.112. The van der Waals surface area contributed by atoms with Crippen LogP contribution >= 0.6 is 0 Å². The minimum absolute atomic E-state index is 0.0428. The highest BCUT2D eigenvalue weighted by atomic mass is 16.5. The molecule has 0 saturated heterocycles. The predicted molar refractivity (Wildman–Crippen MR) is 80.3 cm³/mol. The molecule has 1 aromatic carbocycles. The zero-order valence-corrected chi connectivity index (χ0v) is 12.7. The second-order valence-electron chi connectivity index (χ2n) is 6.75. The van der Waals surface area contributed by atoms with Crippen LogP contribution in [-0.2, 0) is 21.6 Å². The standard InChI is InChI=1S/C18H18O4/c1-9-8-22-17-11-5-6-12-10(4-3-7-18(12,2)21)14(11)16(20)15(19)13(9)17/h5-6,9,21H,3-4,7-8H2,1-2H3/t9?,18-/m0/s1. The lowest BCUT2D eigenvalue weighted by Gasteiger charge is -2.33. The monoisotopic (exact) mass is 298 g/mol. The average Bonchev–Trinajstić information content (AvgIpc) is 2.86. The number of ketones is 2. The summed E-state index contributed by atoms with van der Waals surface area (Å²) in [6, 6.07) is 3.71. The second-order valence-corrected chi connectivity index (χ2v) is 6.75. The van der Waals surface area contributed by atoms with Crippen LogP contribution in [0.1, 0.15) is 53.7 Å². The zero-order valence-electron chi connectivity index (χ0n) is 12.7. The van der Waals surface area contributed by atoms with Gasteiger partial charge in [0.05, 0.1) is 17.8 Å². The Labute approximate surface area is 128 Å². The summed E-state index contributed by atoms with van der Waals surface area (Å²) in [5.41, 5.74) is 2.34. The van der Waals surface area contributed by atoms with E-state index in [1.807, 2.05) is 19.1 Å². The Morgan fingerprint density at radius 3 is 2.82 bits per heavy atom. The van der Waals surface area contributed by atoms with Gasteiger partial charge in [-0.1, -0.05) is 19.1 Å². The van der Waals surface area contributed by atoms with E-state index in [0.29, 0.717) is 36.3 Å². The second kappa shape index (κ2) is 4.29. The van der Waals surface area contributed by atoms with E-state index in [1.54, 1.807) is 6.92 Å². The number of benzene rings is 1. The summed E-state index contributed by atoms with van der Waals surface area (Å²) in [5.74, 6) is -0.356. The maximum absolute atomic E-state index is 12.7. The zero-order chi connectivity index (χ0) is 15.6. The molecule has 0 radical (unpaired) electrons. The maximum atomic E-state index is 12.7. The van der Waals surface area contributed by atoms with Crippen molar-refractivity contribution in [1.29, 1.82) is 0 Å². The Hall–Kier alpha value is -1.94. The van der Waals surface area contributed by atoms with Crippen molar-refractivity contribution in [2.75, 3.05) is 6.61 Å². The Bertz CT molecular complexity index is 755. The quantitative estimate of drug-likeness (QED) is 0.747. The van der Waals surface area contributed by atoms with E-state index in [0.717, 1.165) is 23.1 Å². The molecule has 4 heteroatoms. The van der Waals surface area contributed by atoms with E-state index in [1.165, 1.54) is 0 Å². The first-order valence-electron chi connectivity index (χ1n) is 7.77. The number of Topliss-reactive ketones (excluding diaryl/α,β-unsaturated/α-hetero) is 2. The van der Waals surface area contributed by atoms with Crippen LogP contribution in [0.4, 0.5) is 0 Å². The Morgan fingerprint density at radius 2 is 2.05 bits per heavy atom. The number of fused-ring (bicyclic) bond motifs is 4. The van der Waals surface area contributed by atoms with Crippen LogP contribution in [0.5, 0.6) is 0 Å². The molecule has 0 fully saturated rings. The van der Waals surface area contributed by atoms with E-state index in [9.17, 15) is 14.7 Å². The van der Waals surface area contributed by atoms with Crippen LogP contribution in [0.2, 0.25) is 0 Å². The fourth-order valence-corrected chi connectivity index (χ4v) is 3.98. The summed E-state index contributed by atoms with van der Waals surface area (Å²) >= 11 is 0. The van der Waals surface area contributed by atoms with Crippen molar-refractivity contribution in [3.63, 3.8) is 0 Å². The molecule has 2 atom stereocenters. The third kappa shape index (κ3) is 1.61. The van der Waals surface area contributed by atoms with Gasteiger partial charge in [0, 0.05) is 17.0 Å². The first kappa shape index (κ1) is 13.7. The summed E-state index contributed by atoms with van der Waals surface area (Å²) in [7, 11) is 0. The summed E-state index contributed by atoms with van der Waals surface area (Å²) in [6.07, 6.45) is 2.19. The van der Waals surface area contributed by atoms with Gasteiger partial charge in [0.2, 0.25) is 11.6 Å². The molecule has 114 valence electrons. The fraction of sp³-hybridized carbons (Fsp3) is 0.444. The van der Waals surface area contributed by atoms with Gasteiger partial charge in [0.1, 0.15) is 5.76 Å². The van der Waals surface area contributed by atoms with E-state index in [2.05, 4.69) is 0 Å². The van der Waals surface area contributed by atoms with Crippen LogP contribution in [0, 0.1) is 5.92 Å². The van der Waals surface area contributed by atoms with Crippen molar-refractivity contribution < 1.29 is 19.4 Å². The van der Waals surface area contributed by atoms with Gasteiger partial charge in [-0.05, 0) is 37.3 Å². The summed E-state index contributed by atoms with van der Waals surface area (Å²) < 4.78 is 5.70. The molecule has 0 spiro atoms. The van der Waals surface area contributed by atoms with Crippen molar-refractivity contribution in [2.45, 2.75) is 38.7 Å². The topological polar surface area (TPSA) is 63.6 Å². The van der Waals surface area contributed by atoms with Gasteiger partial charge in [-0.15, -0.1) is 0 Å². The number of carbonyl (C=O) groups is 2. The third-order valence-corrected chi connectivity index (χ3v) is 5.12. The molecule has 4 rings (SSSR count). The normalized spacial score (nSPS) is 29.9. The highest BCUT2D eigenvalue weighted by molar-refractivity contribution is 6.52. The molecule has 0 saturated carbocycles.